The van der Waals surface area contributed by atoms with Crippen molar-refractivity contribution in [3.8, 4) is 5.75 Å². The van der Waals surface area contributed by atoms with Crippen molar-refractivity contribution in [1.82, 2.24) is 4.90 Å². The molecule has 0 aliphatic carbocycles. The second-order valence-corrected chi connectivity index (χ2v) is 5.31. The van der Waals surface area contributed by atoms with Gasteiger partial charge in [-0.1, -0.05) is 22.0 Å². The maximum atomic E-state index is 5.76. The lowest BCUT2D eigenvalue weighted by Crippen LogP contribution is -2.30. The lowest BCUT2D eigenvalue weighted by Gasteiger charge is -2.27. The summed E-state index contributed by atoms with van der Waals surface area (Å²) in [6.07, 6.45) is 1.13. The standard InChI is InChI=1S/C12H16BrNO/c1-14(2)7-9-5-10-3-4-11(13)6-12(10)15-8-9/h3-4,6,9H,5,7-8H2,1-2H3. The molecule has 0 radical (unpaired) electrons. The van der Waals surface area contributed by atoms with E-state index in [1.165, 1.54) is 5.56 Å². The molecule has 0 fully saturated rings. The van der Waals surface area contributed by atoms with Crippen molar-refractivity contribution in [2.24, 2.45) is 5.92 Å². The minimum absolute atomic E-state index is 0.619. The van der Waals surface area contributed by atoms with Crippen molar-refractivity contribution < 1.29 is 4.74 Å². The van der Waals surface area contributed by atoms with Crippen LogP contribution in [0, 0.1) is 5.92 Å². The Labute approximate surface area is 99.4 Å². The van der Waals surface area contributed by atoms with Gasteiger partial charge in [0.1, 0.15) is 5.75 Å². The van der Waals surface area contributed by atoms with E-state index in [-0.39, 0.29) is 0 Å². The van der Waals surface area contributed by atoms with Crippen LogP contribution >= 0.6 is 15.9 Å². The molecule has 0 spiro atoms. The molecule has 2 nitrogen and oxygen atoms in total. The smallest absolute Gasteiger partial charge is 0.123 e. The molecule has 1 unspecified atom stereocenters. The first-order valence-corrected chi connectivity index (χ1v) is 6.00. The number of nitrogens with zero attached hydrogens (tertiary/aromatic N) is 1. The Kier molecular flexibility index (Phi) is 3.32. The van der Waals surface area contributed by atoms with Gasteiger partial charge in [0.2, 0.25) is 0 Å². The lowest BCUT2D eigenvalue weighted by molar-refractivity contribution is 0.188. The third-order valence-electron chi connectivity index (χ3n) is 2.64. The minimum atomic E-state index is 0.619. The van der Waals surface area contributed by atoms with Gasteiger partial charge in [-0.2, -0.15) is 0 Å². The Hall–Kier alpha value is -0.540. The zero-order chi connectivity index (χ0) is 10.8. The molecule has 1 aliphatic rings. The Balaban J connectivity index is 2.10. The Morgan fingerprint density at radius 3 is 3.00 bits per heavy atom. The van der Waals surface area contributed by atoms with E-state index in [0.29, 0.717) is 5.92 Å². The van der Waals surface area contributed by atoms with Gasteiger partial charge in [0, 0.05) is 16.9 Å². The molecule has 2 rings (SSSR count). The van der Waals surface area contributed by atoms with Crippen molar-refractivity contribution >= 4 is 15.9 Å². The van der Waals surface area contributed by atoms with Gasteiger partial charge in [0.05, 0.1) is 6.61 Å². The molecule has 3 heteroatoms. The van der Waals surface area contributed by atoms with Crippen LogP contribution < -0.4 is 4.74 Å². The van der Waals surface area contributed by atoms with Crippen LogP contribution in [0.3, 0.4) is 0 Å². The molecule has 0 saturated heterocycles. The van der Waals surface area contributed by atoms with Crippen molar-refractivity contribution in [2.45, 2.75) is 6.42 Å². The van der Waals surface area contributed by atoms with Crippen LogP contribution in [0.5, 0.6) is 5.75 Å². The van der Waals surface area contributed by atoms with Gasteiger partial charge in [-0.3, -0.25) is 0 Å². The SMILES string of the molecule is CN(C)CC1COc2cc(Br)ccc2C1. The van der Waals surface area contributed by atoms with Gasteiger partial charge in [-0.15, -0.1) is 0 Å². The first-order valence-electron chi connectivity index (χ1n) is 5.21. The van der Waals surface area contributed by atoms with E-state index in [2.05, 4.69) is 53.1 Å². The van der Waals surface area contributed by atoms with Crippen LogP contribution in [0.1, 0.15) is 5.56 Å². The molecule has 1 aliphatic heterocycles. The average molecular weight is 270 g/mol. The van der Waals surface area contributed by atoms with Crippen LogP contribution in [0.2, 0.25) is 0 Å². The minimum Gasteiger partial charge on any atom is -0.493 e. The zero-order valence-corrected chi connectivity index (χ0v) is 10.8. The van der Waals surface area contributed by atoms with Gasteiger partial charge in [-0.25, -0.2) is 0 Å². The number of rotatable bonds is 2. The lowest BCUT2D eigenvalue weighted by atomic mass is 9.96. The molecule has 15 heavy (non-hydrogen) atoms. The molecule has 0 saturated carbocycles. The fraction of sp³-hybridized carbons (Fsp3) is 0.500. The summed E-state index contributed by atoms with van der Waals surface area (Å²) in [7, 11) is 4.22. The Bertz CT molecular complexity index is 351. The topological polar surface area (TPSA) is 12.5 Å². The highest BCUT2D eigenvalue weighted by atomic mass is 79.9. The van der Waals surface area contributed by atoms with Gasteiger partial charge >= 0.3 is 0 Å². The van der Waals surface area contributed by atoms with E-state index >= 15 is 0 Å². The van der Waals surface area contributed by atoms with E-state index in [1.54, 1.807) is 0 Å². The number of ether oxygens (including phenoxy) is 1. The molecule has 1 aromatic carbocycles. The summed E-state index contributed by atoms with van der Waals surface area (Å²) in [4.78, 5) is 2.22. The van der Waals surface area contributed by atoms with Crippen LogP contribution in [0.25, 0.3) is 0 Å². The van der Waals surface area contributed by atoms with Gasteiger partial charge in [0.25, 0.3) is 0 Å². The predicted octanol–water partition coefficient (Wildman–Crippen LogP) is 2.56. The van der Waals surface area contributed by atoms with E-state index in [4.69, 9.17) is 4.74 Å². The molecular weight excluding hydrogens is 254 g/mol. The zero-order valence-electron chi connectivity index (χ0n) is 9.16. The number of fused-ring (bicyclic) bond motifs is 1. The average Bonchev–Trinajstić information content (AvgIpc) is 2.17. The fourth-order valence-electron chi connectivity index (χ4n) is 2.04. The quantitative estimate of drug-likeness (QED) is 0.819. The highest BCUT2D eigenvalue weighted by Gasteiger charge is 2.20. The molecule has 1 heterocycles. The van der Waals surface area contributed by atoms with Crippen LogP contribution in [-0.4, -0.2) is 32.1 Å². The monoisotopic (exact) mass is 269 g/mol. The van der Waals surface area contributed by atoms with Crippen LogP contribution in [0.15, 0.2) is 22.7 Å². The summed E-state index contributed by atoms with van der Waals surface area (Å²) in [6.45, 7) is 1.93. The second kappa shape index (κ2) is 4.54. The third kappa shape index (κ3) is 2.73. The molecule has 1 aromatic rings. The molecule has 0 bridgehead atoms. The van der Waals surface area contributed by atoms with E-state index in [0.717, 1.165) is 29.8 Å². The molecule has 0 aromatic heterocycles. The summed E-state index contributed by atoms with van der Waals surface area (Å²) in [5.74, 6) is 1.66. The Morgan fingerprint density at radius 1 is 1.47 bits per heavy atom. The Morgan fingerprint density at radius 2 is 2.27 bits per heavy atom. The number of halogens is 1. The summed E-state index contributed by atoms with van der Waals surface area (Å²) >= 11 is 3.46. The highest BCUT2D eigenvalue weighted by Crippen LogP contribution is 2.30. The summed E-state index contributed by atoms with van der Waals surface area (Å²) < 4.78 is 6.85. The van der Waals surface area contributed by atoms with E-state index < -0.39 is 0 Å². The summed E-state index contributed by atoms with van der Waals surface area (Å²) in [5, 5.41) is 0. The molecule has 82 valence electrons. The van der Waals surface area contributed by atoms with Crippen molar-refractivity contribution in [3.05, 3.63) is 28.2 Å². The van der Waals surface area contributed by atoms with Gasteiger partial charge in [-0.05, 0) is 38.2 Å². The van der Waals surface area contributed by atoms with Crippen LogP contribution in [-0.2, 0) is 6.42 Å². The summed E-state index contributed by atoms with van der Waals surface area (Å²) in [6, 6.07) is 6.29. The number of hydrogen-bond donors (Lipinski definition) is 0. The maximum absolute atomic E-state index is 5.76. The first kappa shape index (κ1) is 11.0. The highest BCUT2D eigenvalue weighted by molar-refractivity contribution is 9.10. The van der Waals surface area contributed by atoms with Gasteiger partial charge in [0.15, 0.2) is 0 Å². The van der Waals surface area contributed by atoms with Crippen molar-refractivity contribution in [3.63, 3.8) is 0 Å². The fourth-order valence-corrected chi connectivity index (χ4v) is 2.38. The second-order valence-electron chi connectivity index (χ2n) is 4.40. The molecule has 0 amide bonds. The van der Waals surface area contributed by atoms with Gasteiger partial charge < -0.3 is 9.64 Å². The van der Waals surface area contributed by atoms with Crippen molar-refractivity contribution in [1.29, 1.82) is 0 Å². The molecule has 0 N–H and O–H groups in total. The maximum Gasteiger partial charge on any atom is 0.123 e. The van der Waals surface area contributed by atoms with Crippen molar-refractivity contribution in [2.75, 3.05) is 27.2 Å². The normalized spacial score (nSPS) is 19.9. The summed E-state index contributed by atoms with van der Waals surface area (Å²) in [5.41, 5.74) is 1.33. The van der Waals surface area contributed by atoms with Crippen LogP contribution in [0.4, 0.5) is 0 Å². The van der Waals surface area contributed by atoms with E-state index in [9.17, 15) is 0 Å². The molecule has 1 atom stereocenters. The van der Waals surface area contributed by atoms with E-state index in [1.807, 2.05) is 0 Å². The first-order chi connectivity index (χ1) is 7.15. The number of hydrogen-bond acceptors (Lipinski definition) is 2. The largest absolute Gasteiger partial charge is 0.493 e. The predicted molar refractivity (Wildman–Crippen MR) is 65.4 cm³/mol. The molecular formula is C12H16BrNO. The number of benzene rings is 1. The third-order valence-corrected chi connectivity index (χ3v) is 3.13.